The Labute approximate surface area is 115 Å². The van der Waals surface area contributed by atoms with Gasteiger partial charge in [-0.25, -0.2) is 4.68 Å². The van der Waals surface area contributed by atoms with Crippen LogP contribution in [0.15, 0.2) is 23.0 Å². The minimum Gasteiger partial charge on any atom is -0.472 e. The first kappa shape index (κ1) is 12.9. The summed E-state index contributed by atoms with van der Waals surface area (Å²) in [5, 5.41) is 11.0. The first-order valence-corrected chi connectivity index (χ1v) is 6.51. The summed E-state index contributed by atoms with van der Waals surface area (Å²) in [5.74, 6) is 0.0335. The number of aryl methyl sites for hydroxylation is 1. The number of nitrogens with zero attached hydrogens (tertiary/aromatic N) is 3. The largest absolute Gasteiger partial charge is 0.472 e. The summed E-state index contributed by atoms with van der Waals surface area (Å²) in [6.45, 7) is 4.26. The summed E-state index contributed by atoms with van der Waals surface area (Å²) in [5.41, 5.74) is 2.43. The molecule has 0 aliphatic carbocycles. The second-order valence-corrected chi connectivity index (χ2v) is 4.91. The van der Waals surface area contributed by atoms with E-state index in [-0.39, 0.29) is 11.8 Å². The van der Waals surface area contributed by atoms with Crippen LogP contribution in [0.1, 0.15) is 21.7 Å². The van der Waals surface area contributed by atoms with Crippen LogP contribution >= 0.6 is 0 Å². The Bertz CT molecular complexity index is 591. The van der Waals surface area contributed by atoms with E-state index >= 15 is 0 Å². The zero-order valence-electron chi connectivity index (χ0n) is 11.2. The summed E-state index contributed by atoms with van der Waals surface area (Å²) in [4.78, 5) is 11.8. The third-order valence-electron chi connectivity index (χ3n) is 3.39. The zero-order valence-corrected chi connectivity index (χ0v) is 11.2. The molecule has 0 fully saturated rings. The summed E-state index contributed by atoms with van der Waals surface area (Å²) in [6, 6.07) is 1.64. The normalized spacial score (nSPS) is 18.4. The Morgan fingerprint density at radius 3 is 3.30 bits per heavy atom. The van der Waals surface area contributed by atoms with Gasteiger partial charge in [-0.05, 0) is 13.0 Å². The Kier molecular flexibility index (Phi) is 3.51. The molecule has 0 saturated heterocycles. The van der Waals surface area contributed by atoms with Crippen molar-refractivity contribution in [2.75, 3.05) is 13.2 Å². The molecule has 3 rings (SSSR count). The van der Waals surface area contributed by atoms with E-state index in [0.717, 1.165) is 11.4 Å². The van der Waals surface area contributed by atoms with Crippen molar-refractivity contribution in [3.05, 3.63) is 35.5 Å². The van der Waals surface area contributed by atoms with Gasteiger partial charge in [0.1, 0.15) is 6.26 Å². The third-order valence-corrected chi connectivity index (χ3v) is 3.39. The lowest BCUT2D eigenvalue weighted by molar-refractivity contribution is 0.0850. The lowest BCUT2D eigenvalue weighted by Gasteiger charge is -2.14. The molecule has 7 heteroatoms. The number of fused-ring (bicyclic) bond motifs is 1. The van der Waals surface area contributed by atoms with Crippen molar-refractivity contribution < 1.29 is 13.9 Å². The van der Waals surface area contributed by atoms with Gasteiger partial charge in [0.25, 0.3) is 5.91 Å². The van der Waals surface area contributed by atoms with Crippen molar-refractivity contribution in [1.29, 1.82) is 0 Å². The van der Waals surface area contributed by atoms with Crippen LogP contribution in [-0.2, 0) is 17.9 Å². The standard InChI is InChI=1S/C13H16N4O3/c1-9-12-8-20-6-10(5-17(12)16-15-9)4-14-13(18)11-2-3-19-7-11/h2-3,7,10H,4-6,8H2,1H3,(H,14,18)/t10-/m1/s1. The van der Waals surface area contributed by atoms with E-state index in [0.29, 0.717) is 31.9 Å². The van der Waals surface area contributed by atoms with Gasteiger partial charge in [0, 0.05) is 19.0 Å². The number of ether oxygens (including phenoxy) is 1. The summed E-state index contributed by atoms with van der Waals surface area (Å²) in [6.07, 6.45) is 2.91. The number of hydrogen-bond acceptors (Lipinski definition) is 5. The molecular formula is C13H16N4O3. The van der Waals surface area contributed by atoms with Crippen LogP contribution in [0.2, 0.25) is 0 Å². The van der Waals surface area contributed by atoms with Gasteiger partial charge in [0.2, 0.25) is 0 Å². The second kappa shape index (κ2) is 5.46. The molecule has 20 heavy (non-hydrogen) atoms. The molecule has 2 aromatic heterocycles. The molecule has 0 spiro atoms. The average molecular weight is 276 g/mol. The van der Waals surface area contributed by atoms with Gasteiger partial charge in [0.05, 0.1) is 36.4 Å². The quantitative estimate of drug-likeness (QED) is 0.894. The van der Waals surface area contributed by atoms with Crippen LogP contribution in [0.3, 0.4) is 0 Å². The Balaban J connectivity index is 1.60. The van der Waals surface area contributed by atoms with Gasteiger partial charge in [-0.15, -0.1) is 5.10 Å². The maximum atomic E-state index is 11.8. The van der Waals surface area contributed by atoms with Crippen molar-refractivity contribution in [2.24, 2.45) is 5.92 Å². The molecule has 0 saturated carbocycles. The molecule has 0 aromatic carbocycles. The fourth-order valence-corrected chi connectivity index (χ4v) is 2.22. The van der Waals surface area contributed by atoms with Gasteiger partial charge in [-0.2, -0.15) is 0 Å². The highest BCUT2D eigenvalue weighted by Gasteiger charge is 2.20. The molecule has 1 aliphatic rings. The number of amides is 1. The SMILES string of the molecule is Cc1nnn2c1COC[C@H](CNC(=O)c1ccoc1)C2. The van der Waals surface area contributed by atoms with Crippen LogP contribution in [0.5, 0.6) is 0 Å². The Morgan fingerprint density at radius 2 is 2.50 bits per heavy atom. The molecule has 106 valence electrons. The second-order valence-electron chi connectivity index (χ2n) is 4.91. The van der Waals surface area contributed by atoms with Gasteiger partial charge < -0.3 is 14.5 Å². The number of nitrogens with one attached hydrogen (secondary N) is 1. The van der Waals surface area contributed by atoms with Crippen LogP contribution in [0.4, 0.5) is 0 Å². The molecule has 1 atom stereocenters. The maximum absolute atomic E-state index is 11.8. The minimum absolute atomic E-state index is 0.141. The average Bonchev–Trinajstić information content (AvgIpc) is 3.03. The van der Waals surface area contributed by atoms with E-state index in [9.17, 15) is 4.79 Å². The fourth-order valence-electron chi connectivity index (χ4n) is 2.22. The highest BCUT2D eigenvalue weighted by Crippen LogP contribution is 2.14. The van der Waals surface area contributed by atoms with Gasteiger partial charge in [-0.3, -0.25) is 4.79 Å². The van der Waals surface area contributed by atoms with Crippen molar-refractivity contribution in [3.8, 4) is 0 Å². The molecule has 3 heterocycles. The first-order valence-electron chi connectivity index (χ1n) is 6.51. The Hall–Kier alpha value is -2.15. The molecule has 7 nitrogen and oxygen atoms in total. The van der Waals surface area contributed by atoms with E-state index in [1.165, 1.54) is 12.5 Å². The molecule has 1 amide bonds. The third kappa shape index (κ3) is 2.57. The van der Waals surface area contributed by atoms with Crippen LogP contribution in [0.25, 0.3) is 0 Å². The smallest absolute Gasteiger partial charge is 0.254 e. The predicted octanol–water partition coefficient (Wildman–Crippen LogP) is 0.756. The van der Waals surface area contributed by atoms with Crippen LogP contribution in [-0.4, -0.2) is 34.1 Å². The number of carbonyl (C=O) groups excluding carboxylic acids is 1. The zero-order chi connectivity index (χ0) is 13.9. The monoisotopic (exact) mass is 276 g/mol. The van der Waals surface area contributed by atoms with Crippen molar-refractivity contribution >= 4 is 5.91 Å². The van der Waals surface area contributed by atoms with Gasteiger partial charge >= 0.3 is 0 Å². The first-order chi connectivity index (χ1) is 9.74. The van der Waals surface area contributed by atoms with Crippen molar-refractivity contribution in [1.82, 2.24) is 20.3 Å². The van der Waals surface area contributed by atoms with Crippen LogP contribution < -0.4 is 5.32 Å². The van der Waals surface area contributed by atoms with Gasteiger partial charge in [-0.1, -0.05) is 5.21 Å². The number of hydrogen-bond donors (Lipinski definition) is 1. The number of carbonyl (C=O) groups is 1. The summed E-state index contributed by atoms with van der Waals surface area (Å²) >= 11 is 0. The van der Waals surface area contributed by atoms with E-state index < -0.39 is 0 Å². The van der Waals surface area contributed by atoms with Crippen molar-refractivity contribution in [3.63, 3.8) is 0 Å². The molecule has 0 radical (unpaired) electrons. The molecule has 1 N–H and O–H groups in total. The van der Waals surface area contributed by atoms with Crippen molar-refractivity contribution in [2.45, 2.75) is 20.1 Å². The highest BCUT2D eigenvalue weighted by atomic mass is 16.5. The summed E-state index contributed by atoms with van der Waals surface area (Å²) in [7, 11) is 0. The number of furan rings is 1. The molecule has 0 bridgehead atoms. The summed E-state index contributed by atoms with van der Waals surface area (Å²) < 4.78 is 12.4. The lowest BCUT2D eigenvalue weighted by atomic mass is 10.1. The van der Waals surface area contributed by atoms with E-state index in [1.54, 1.807) is 6.07 Å². The minimum atomic E-state index is -0.141. The predicted molar refractivity (Wildman–Crippen MR) is 68.9 cm³/mol. The number of rotatable bonds is 3. The number of aromatic nitrogens is 3. The van der Waals surface area contributed by atoms with E-state index in [4.69, 9.17) is 9.15 Å². The Morgan fingerprint density at radius 1 is 1.60 bits per heavy atom. The topological polar surface area (TPSA) is 82.2 Å². The van der Waals surface area contributed by atoms with E-state index in [2.05, 4.69) is 15.6 Å². The van der Waals surface area contributed by atoms with Gasteiger partial charge in [0.15, 0.2) is 0 Å². The van der Waals surface area contributed by atoms with Crippen LogP contribution in [0, 0.1) is 12.8 Å². The maximum Gasteiger partial charge on any atom is 0.254 e. The lowest BCUT2D eigenvalue weighted by Crippen LogP contribution is -2.32. The molecule has 2 aromatic rings. The highest BCUT2D eigenvalue weighted by molar-refractivity contribution is 5.93. The molecular weight excluding hydrogens is 260 g/mol. The van der Waals surface area contributed by atoms with E-state index in [1.807, 2.05) is 11.6 Å². The molecule has 1 aliphatic heterocycles. The molecule has 0 unspecified atom stereocenters. The fraction of sp³-hybridized carbons (Fsp3) is 0.462.